The summed E-state index contributed by atoms with van der Waals surface area (Å²) < 4.78 is 0. The minimum absolute atomic E-state index is 0.383. The molecular weight excluding hydrogens is 246 g/mol. The topological polar surface area (TPSA) is 28.2 Å². The lowest BCUT2D eigenvalue weighted by Crippen LogP contribution is -2.30. The van der Waals surface area contributed by atoms with E-state index in [2.05, 4.69) is 72.6 Å². The first-order valence-electron chi connectivity index (χ1n) is 7.00. The molecule has 0 saturated carbocycles. The summed E-state index contributed by atoms with van der Waals surface area (Å²) in [7, 11) is 4.24. The first kappa shape index (κ1) is 14.7. The smallest absolute Gasteiger partial charge is 0.0466 e. The molecule has 0 amide bonds. The van der Waals surface area contributed by atoms with Gasteiger partial charge in [0.2, 0.25) is 0 Å². The third-order valence-electron chi connectivity index (χ3n) is 3.61. The van der Waals surface area contributed by atoms with Gasteiger partial charge in [-0.3, -0.25) is 4.98 Å². The van der Waals surface area contributed by atoms with Crippen molar-refractivity contribution < 1.29 is 0 Å². The maximum atomic E-state index is 4.19. The second-order valence-electron chi connectivity index (χ2n) is 5.32. The fourth-order valence-electron chi connectivity index (χ4n) is 2.30. The summed E-state index contributed by atoms with van der Waals surface area (Å²) >= 11 is 0. The van der Waals surface area contributed by atoms with E-state index < -0.39 is 0 Å². The van der Waals surface area contributed by atoms with E-state index in [1.54, 1.807) is 0 Å². The molecule has 0 bridgehead atoms. The number of hydrogen-bond acceptors (Lipinski definition) is 3. The molecule has 1 aromatic heterocycles. The van der Waals surface area contributed by atoms with Gasteiger partial charge in [0, 0.05) is 31.5 Å². The van der Waals surface area contributed by atoms with E-state index in [1.807, 2.05) is 12.4 Å². The Bertz CT molecular complexity index is 523. The van der Waals surface area contributed by atoms with Gasteiger partial charge in [0.05, 0.1) is 0 Å². The Morgan fingerprint density at radius 2 is 1.90 bits per heavy atom. The minimum atomic E-state index is 0.383. The van der Waals surface area contributed by atoms with E-state index in [9.17, 15) is 0 Å². The van der Waals surface area contributed by atoms with Crippen LogP contribution in [0.1, 0.15) is 22.7 Å². The monoisotopic (exact) mass is 269 g/mol. The van der Waals surface area contributed by atoms with E-state index >= 15 is 0 Å². The van der Waals surface area contributed by atoms with Crippen LogP contribution in [0.5, 0.6) is 0 Å². The summed E-state index contributed by atoms with van der Waals surface area (Å²) in [6.45, 7) is 3.90. The van der Waals surface area contributed by atoms with Crippen molar-refractivity contribution in [3.05, 3.63) is 65.5 Å². The third-order valence-corrected chi connectivity index (χ3v) is 3.61. The fourth-order valence-corrected chi connectivity index (χ4v) is 2.30. The number of aromatic nitrogens is 1. The van der Waals surface area contributed by atoms with Crippen molar-refractivity contribution in [2.24, 2.45) is 0 Å². The van der Waals surface area contributed by atoms with Crippen LogP contribution in [0, 0.1) is 6.92 Å². The average molecular weight is 269 g/mol. The number of hydrogen-bond donors (Lipinski definition) is 1. The van der Waals surface area contributed by atoms with Crippen molar-refractivity contribution in [1.29, 1.82) is 0 Å². The first-order valence-corrected chi connectivity index (χ1v) is 7.00. The zero-order chi connectivity index (χ0) is 14.4. The maximum absolute atomic E-state index is 4.19. The SMILES string of the molecule is Cc1ccncc1CNCC(c1ccccc1)N(C)C. The summed E-state index contributed by atoms with van der Waals surface area (Å²) in [4.78, 5) is 6.43. The van der Waals surface area contributed by atoms with E-state index in [4.69, 9.17) is 0 Å². The largest absolute Gasteiger partial charge is 0.311 e. The molecule has 0 saturated heterocycles. The molecular formula is C17H23N3. The van der Waals surface area contributed by atoms with E-state index in [-0.39, 0.29) is 0 Å². The van der Waals surface area contributed by atoms with Gasteiger partial charge in [-0.1, -0.05) is 30.3 Å². The molecule has 3 heteroatoms. The van der Waals surface area contributed by atoms with Gasteiger partial charge in [0.1, 0.15) is 0 Å². The normalized spacial score (nSPS) is 12.6. The highest BCUT2D eigenvalue weighted by Gasteiger charge is 2.13. The van der Waals surface area contributed by atoms with Crippen molar-refractivity contribution >= 4 is 0 Å². The van der Waals surface area contributed by atoms with Crippen molar-refractivity contribution in [3.63, 3.8) is 0 Å². The zero-order valence-corrected chi connectivity index (χ0v) is 12.5. The van der Waals surface area contributed by atoms with Crippen LogP contribution in [0.2, 0.25) is 0 Å². The van der Waals surface area contributed by atoms with Crippen LogP contribution >= 0.6 is 0 Å². The van der Waals surface area contributed by atoms with Crippen LogP contribution in [-0.4, -0.2) is 30.5 Å². The Balaban J connectivity index is 1.95. The third kappa shape index (κ3) is 3.89. The predicted molar refractivity (Wildman–Crippen MR) is 83.6 cm³/mol. The molecule has 0 aliphatic carbocycles. The lowest BCUT2D eigenvalue weighted by Gasteiger charge is -2.25. The molecule has 0 aliphatic heterocycles. The average Bonchev–Trinajstić information content (AvgIpc) is 2.46. The van der Waals surface area contributed by atoms with Crippen LogP contribution in [0.4, 0.5) is 0 Å². The van der Waals surface area contributed by atoms with Crippen molar-refractivity contribution in [2.45, 2.75) is 19.5 Å². The standard InChI is InChI=1S/C17H23N3/c1-14-9-10-18-11-16(14)12-19-13-17(20(2)3)15-7-5-4-6-8-15/h4-11,17,19H,12-13H2,1-3H3. The van der Waals surface area contributed by atoms with Gasteiger partial charge >= 0.3 is 0 Å². The van der Waals surface area contributed by atoms with E-state index in [1.165, 1.54) is 16.7 Å². The minimum Gasteiger partial charge on any atom is -0.311 e. The first-order chi connectivity index (χ1) is 9.68. The molecule has 2 aromatic rings. The Morgan fingerprint density at radius 3 is 2.55 bits per heavy atom. The molecule has 0 radical (unpaired) electrons. The Labute approximate surface area is 121 Å². The number of nitrogens with zero attached hydrogens (tertiary/aromatic N) is 2. The maximum Gasteiger partial charge on any atom is 0.0466 e. The molecule has 3 nitrogen and oxygen atoms in total. The molecule has 1 atom stereocenters. The number of rotatable bonds is 6. The summed E-state index contributed by atoms with van der Waals surface area (Å²) in [5.74, 6) is 0. The summed E-state index contributed by atoms with van der Waals surface area (Å²) in [5, 5.41) is 3.54. The van der Waals surface area contributed by atoms with Gasteiger partial charge in [-0.25, -0.2) is 0 Å². The second kappa shape index (κ2) is 7.17. The van der Waals surface area contributed by atoms with Gasteiger partial charge in [0.15, 0.2) is 0 Å². The van der Waals surface area contributed by atoms with Gasteiger partial charge in [-0.2, -0.15) is 0 Å². The Hall–Kier alpha value is -1.71. The molecule has 0 fully saturated rings. The lowest BCUT2D eigenvalue weighted by atomic mass is 10.1. The van der Waals surface area contributed by atoms with E-state index in [0.717, 1.165) is 13.1 Å². The van der Waals surface area contributed by atoms with Gasteiger partial charge < -0.3 is 10.2 Å². The van der Waals surface area contributed by atoms with Crippen LogP contribution < -0.4 is 5.32 Å². The number of benzene rings is 1. The van der Waals surface area contributed by atoms with Gasteiger partial charge in [-0.15, -0.1) is 0 Å². The molecule has 0 aliphatic rings. The van der Waals surface area contributed by atoms with Gasteiger partial charge in [-0.05, 0) is 43.8 Å². The summed E-state index contributed by atoms with van der Waals surface area (Å²) in [6, 6.07) is 13.0. The summed E-state index contributed by atoms with van der Waals surface area (Å²) in [6.07, 6.45) is 3.78. The zero-order valence-electron chi connectivity index (χ0n) is 12.5. The lowest BCUT2D eigenvalue weighted by molar-refractivity contribution is 0.288. The molecule has 20 heavy (non-hydrogen) atoms. The number of aryl methyl sites for hydroxylation is 1. The highest BCUT2D eigenvalue weighted by Crippen LogP contribution is 2.17. The molecule has 2 rings (SSSR count). The van der Waals surface area contributed by atoms with Crippen molar-refractivity contribution in [2.75, 3.05) is 20.6 Å². The highest BCUT2D eigenvalue weighted by molar-refractivity contribution is 5.22. The van der Waals surface area contributed by atoms with Crippen LogP contribution in [0.15, 0.2) is 48.8 Å². The number of likely N-dealkylation sites (N-methyl/N-ethyl adjacent to an activating group) is 1. The Kier molecular flexibility index (Phi) is 5.27. The molecule has 1 aromatic carbocycles. The quantitative estimate of drug-likeness (QED) is 0.874. The molecule has 1 N–H and O–H groups in total. The molecule has 106 valence electrons. The second-order valence-corrected chi connectivity index (χ2v) is 5.32. The number of nitrogens with one attached hydrogen (secondary N) is 1. The molecule has 1 heterocycles. The molecule has 1 unspecified atom stereocenters. The van der Waals surface area contributed by atoms with Crippen LogP contribution in [0.25, 0.3) is 0 Å². The van der Waals surface area contributed by atoms with Crippen molar-refractivity contribution in [3.8, 4) is 0 Å². The van der Waals surface area contributed by atoms with Gasteiger partial charge in [0.25, 0.3) is 0 Å². The molecule has 0 spiro atoms. The van der Waals surface area contributed by atoms with Crippen molar-refractivity contribution in [1.82, 2.24) is 15.2 Å². The summed E-state index contributed by atoms with van der Waals surface area (Å²) in [5.41, 5.74) is 3.89. The van der Waals surface area contributed by atoms with Crippen LogP contribution in [0.3, 0.4) is 0 Å². The fraction of sp³-hybridized carbons (Fsp3) is 0.353. The predicted octanol–water partition coefficient (Wildman–Crippen LogP) is 2.78. The highest BCUT2D eigenvalue weighted by atomic mass is 15.1. The Morgan fingerprint density at radius 1 is 1.15 bits per heavy atom. The van der Waals surface area contributed by atoms with Crippen LogP contribution in [-0.2, 0) is 6.54 Å². The number of pyridine rings is 1. The van der Waals surface area contributed by atoms with E-state index in [0.29, 0.717) is 6.04 Å².